The Labute approximate surface area is 220 Å². The SMILES string of the molecule is Cc1cc(C)c(/C=C2\C(=O)N(CC3CCC(N)CC3)c3cc(C(=O)NCC#Cc4cn[nH]c4)c(F)cc32)[nH]1. The van der Waals surface area contributed by atoms with E-state index in [1.807, 2.05) is 19.9 Å². The molecule has 0 radical (unpaired) electrons. The van der Waals surface area contributed by atoms with Crippen molar-refractivity contribution in [1.82, 2.24) is 20.5 Å². The zero-order valence-electron chi connectivity index (χ0n) is 21.5. The maximum atomic E-state index is 15.3. The first-order valence-electron chi connectivity index (χ1n) is 12.8. The van der Waals surface area contributed by atoms with Crippen LogP contribution in [-0.2, 0) is 4.79 Å². The highest BCUT2D eigenvalue weighted by atomic mass is 19.1. The van der Waals surface area contributed by atoms with Crippen LogP contribution >= 0.6 is 0 Å². The van der Waals surface area contributed by atoms with E-state index in [-0.39, 0.29) is 24.1 Å². The zero-order chi connectivity index (χ0) is 26.8. The van der Waals surface area contributed by atoms with Gasteiger partial charge in [-0.2, -0.15) is 5.10 Å². The number of nitrogens with zero attached hydrogens (tertiary/aromatic N) is 2. The summed E-state index contributed by atoms with van der Waals surface area (Å²) in [5.74, 6) is 4.51. The fourth-order valence-corrected chi connectivity index (χ4v) is 5.22. The Morgan fingerprint density at radius 3 is 2.74 bits per heavy atom. The lowest BCUT2D eigenvalue weighted by Crippen LogP contribution is -2.36. The van der Waals surface area contributed by atoms with Gasteiger partial charge in [-0.3, -0.25) is 14.7 Å². The molecular weight excluding hydrogens is 483 g/mol. The van der Waals surface area contributed by atoms with E-state index >= 15 is 4.39 Å². The van der Waals surface area contributed by atoms with Gasteiger partial charge in [0.25, 0.3) is 11.8 Å². The first-order chi connectivity index (χ1) is 18.3. The number of carbonyl (C=O) groups is 2. The highest BCUT2D eigenvalue weighted by Gasteiger charge is 2.36. The summed E-state index contributed by atoms with van der Waals surface area (Å²) in [6.45, 7) is 4.45. The molecule has 3 heterocycles. The number of carbonyl (C=O) groups excluding carboxylic acids is 2. The average molecular weight is 515 g/mol. The Hall–Kier alpha value is -4.16. The van der Waals surface area contributed by atoms with E-state index in [9.17, 15) is 9.59 Å². The number of fused-ring (bicyclic) bond motifs is 1. The number of aromatic amines is 2. The van der Waals surface area contributed by atoms with Crippen LogP contribution in [0.2, 0.25) is 0 Å². The predicted molar refractivity (Wildman–Crippen MR) is 145 cm³/mol. The van der Waals surface area contributed by atoms with Crippen molar-refractivity contribution in [2.45, 2.75) is 45.6 Å². The molecule has 2 aromatic heterocycles. The van der Waals surface area contributed by atoms with Crippen LogP contribution in [0.25, 0.3) is 11.6 Å². The van der Waals surface area contributed by atoms with E-state index in [0.717, 1.165) is 42.6 Å². The summed E-state index contributed by atoms with van der Waals surface area (Å²) in [7, 11) is 0. The highest BCUT2D eigenvalue weighted by Crippen LogP contribution is 2.41. The molecule has 2 amide bonds. The first-order valence-corrected chi connectivity index (χ1v) is 12.8. The Kier molecular flexibility index (Phi) is 7.16. The van der Waals surface area contributed by atoms with E-state index in [2.05, 4.69) is 32.3 Å². The van der Waals surface area contributed by atoms with Crippen molar-refractivity contribution in [2.75, 3.05) is 18.0 Å². The van der Waals surface area contributed by atoms with Crippen molar-refractivity contribution in [2.24, 2.45) is 11.7 Å². The number of hydrogen-bond donors (Lipinski definition) is 4. The van der Waals surface area contributed by atoms with E-state index < -0.39 is 11.7 Å². The van der Waals surface area contributed by atoms with Crippen molar-refractivity contribution in [1.29, 1.82) is 0 Å². The standard InChI is InChI=1S/C29H31FN6O2/c1-17-10-18(2)35-26(17)12-23-22-11-25(30)24(28(37)32-9-3-4-20-14-33-34-15-20)13-27(22)36(29(23)38)16-19-5-7-21(31)8-6-19/h10-15,19,21,35H,5-9,16,31H2,1-2H3,(H,32,37)(H,33,34)/b23-12-. The van der Waals surface area contributed by atoms with Gasteiger partial charge in [-0.25, -0.2) is 4.39 Å². The van der Waals surface area contributed by atoms with E-state index in [4.69, 9.17) is 5.73 Å². The Morgan fingerprint density at radius 2 is 2.05 bits per heavy atom. The molecule has 1 saturated carbocycles. The number of halogens is 1. The summed E-state index contributed by atoms with van der Waals surface area (Å²) >= 11 is 0. The molecular formula is C29H31FN6O2. The minimum absolute atomic E-state index is 0.0438. The fourth-order valence-electron chi connectivity index (χ4n) is 5.22. The number of anilines is 1. The number of aromatic nitrogens is 3. The lowest BCUT2D eigenvalue weighted by molar-refractivity contribution is -0.113. The summed E-state index contributed by atoms with van der Waals surface area (Å²) in [5, 5.41) is 9.13. The van der Waals surface area contributed by atoms with Gasteiger partial charge in [0.2, 0.25) is 0 Å². The normalized spacial score (nSPS) is 19.8. The van der Waals surface area contributed by atoms with Gasteiger partial charge >= 0.3 is 0 Å². The molecule has 0 saturated heterocycles. The summed E-state index contributed by atoms with van der Waals surface area (Å²) < 4.78 is 15.3. The van der Waals surface area contributed by atoms with Crippen LogP contribution in [0.5, 0.6) is 0 Å². The van der Waals surface area contributed by atoms with Gasteiger partial charge in [-0.05, 0) is 75.3 Å². The smallest absolute Gasteiger partial charge is 0.259 e. The van der Waals surface area contributed by atoms with Crippen LogP contribution in [0, 0.1) is 37.4 Å². The van der Waals surface area contributed by atoms with Crippen LogP contribution in [0.15, 0.2) is 30.6 Å². The molecule has 38 heavy (non-hydrogen) atoms. The second-order valence-electron chi connectivity index (χ2n) is 10.1. The van der Waals surface area contributed by atoms with Crippen molar-refractivity contribution in [3.05, 3.63) is 70.1 Å². The molecule has 1 aliphatic carbocycles. The molecule has 5 rings (SSSR count). The van der Waals surface area contributed by atoms with E-state index in [1.54, 1.807) is 23.4 Å². The number of benzene rings is 1. The fraction of sp³-hybridized carbons (Fsp3) is 0.345. The lowest BCUT2D eigenvalue weighted by Gasteiger charge is -2.30. The molecule has 2 aliphatic rings. The van der Waals surface area contributed by atoms with Crippen molar-refractivity contribution in [3.8, 4) is 11.8 Å². The molecule has 0 spiro atoms. The number of nitrogens with one attached hydrogen (secondary N) is 3. The van der Waals surface area contributed by atoms with Crippen LogP contribution in [0.1, 0.15) is 64.1 Å². The molecule has 8 nitrogen and oxygen atoms in total. The number of hydrogen-bond acceptors (Lipinski definition) is 4. The Bertz CT molecular complexity index is 1450. The quantitative estimate of drug-likeness (QED) is 0.307. The molecule has 1 fully saturated rings. The van der Waals surface area contributed by atoms with Gasteiger partial charge in [0.1, 0.15) is 5.82 Å². The first kappa shape index (κ1) is 25.5. The molecule has 1 aliphatic heterocycles. The molecule has 9 heteroatoms. The van der Waals surface area contributed by atoms with Gasteiger partial charge in [-0.1, -0.05) is 11.8 Å². The summed E-state index contributed by atoms with van der Waals surface area (Å²) in [4.78, 5) is 31.6. The molecule has 0 atom stereocenters. The van der Waals surface area contributed by atoms with Crippen LogP contribution in [-0.4, -0.2) is 46.1 Å². The maximum absolute atomic E-state index is 15.3. The zero-order valence-corrected chi connectivity index (χ0v) is 21.5. The minimum Gasteiger partial charge on any atom is -0.359 e. The third-order valence-electron chi connectivity index (χ3n) is 7.27. The van der Waals surface area contributed by atoms with Crippen LogP contribution in [0.4, 0.5) is 10.1 Å². The second-order valence-corrected chi connectivity index (χ2v) is 10.1. The lowest BCUT2D eigenvalue weighted by atomic mass is 9.86. The summed E-state index contributed by atoms with van der Waals surface area (Å²) in [5.41, 5.74) is 10.9. The minimum atomic E-state index is -0.687. The van der Waals surface area contributed by atoms with Gasteiger partial charge in [0.05, 0.1) is 35.1 Å². The molecule has 5 N–H and O–H groups in total. The van der Waals surface area contributed by atoms with Crippen molar-refractivity contribution in [3.63, 3.8) is 0 Å². The number of rotatable bonds is 5. The molecule has 0 bridgehead atoms. The Morgan fingerprint density at radius 1 is 1.26 bits per heavy atom. The third kappa shape index (κ3) is 5.27. The number of nitrogens with two attached hydrogens (primary N) is 1. The Balaban J connectivity index is 1.45. The molecule has 196 valence electrons. The van der Waals surface area contributed by atoms with Crippen molar-refractivity contribution < 1.29 is 14.0 Å². The molecule has 3 aromatic rings. The van der Waals surface area contributed by atoms with Gasteiger partial charge in [0, 0.05) is 35.7 Å². The highest BCUT2D eigenvalue weighted by molar-refractivity contribution is 6.36. The molecule has 1 aromatic carbocycles. The maximum Gasteiger partial charge on any atom is 0.259 e. The van der Waals surface area contributed by atoms with E-state index in [1.165, 1.54) is 12.1 Å². The monoisotopic (exact) mass is 514 g/mol. The molecule has 0 unspecified atom stereocenters. The number of H-pyrrole nitrogens is 2. The predicted octanol–water partition coefficient (Wildman–Crippen LogP) is 3.68. The van der Waals surface area contributed by atoms with Gasteiger partial charge in [0.15, 0.2) is 0 Å². The second kappa shape index (κ2) is 10.7. The number of aryl methyl sites for hydroxylation is 2. The third-order valence-corrected chi connectivity index (χ3v) is 7.27. The topological polar surface area (TPSA) is 120 Å². The van der Waals surface area contributed by atoms with Gasteiger partial charge < -0.3 is 20.9 Å². The van der Waals surface area contributed by atoms with E-state index in [0.29, 0.717) is 34.9 Å². The summed E-state index contributed by atoms with van der Waals surface area (Å²) in [6.07, 6.45) is 8.69. The average Bonchev–Trinajstić information content (AvgIpc) is 3.58. The van der Waals surface area contributed by atoms with Crippen LogP contribution < -0.4 is 16.0 Å². The van der Waals surface area contributed by atoms with Crippen molar-refractivity contribution >= 4 is 29.2 Å². The largest absolute Gasteiger partial charge is 0.359 e. The number of amides is 2. The van der Waals surface area contributed by atoms with Crippen LogP contribution in [0.3, 0.4) is 0 Å². The van der Waals surface area contributed by atoms with Gasteiger partial charge in [-0.15, -0.1) is 0 Å². The summed E-state index contributed by atoms with van der Waals surface area (Å²) in [6, 6.07) is 4.99.